The number of carbonyl (C=O) groups is 2. The number of rotatable bonds is 36. The average Bonchev–Trinajstić information content (AvgIpc) is 3.05. The highest BCUT2D eigenvalue weighted by Crippen LogP contribution is 2.36. The van der Waals surface area contributed by atoms with Crippen molar-refractivity contribution in [3.8, 4) is 0 Å². The van der Waals surface area contributed by atoms with E-state index in [4.69, 9.17) is 19.3 Å². The number of hydrogen-bond acceptors (Lipinski definition) is 6. The van der Waals surface area contributed by atoms with Gasteiger partial charge in [0.05, 0.1) is 6.61 Å². The Morgan fingerprint density at radius 2 is 0.875 bits per heavy atom. The molecule has 0 aromatic rings. The van der Waals surface area contributed by atoms with Gasteiger partial charge in [0, 0.05) is 12.8 Å². The highest BCUT2D eigenvalue weighted by Gasteiger charge is 2.22. The smallest absolute Gasteiger partial charge is 0.462 e. The van der Waals surface area contributed by atoms with Crippen molar-refractivity contribution in [2.75, 3.05) is 13.2 Å². The van der Waals surface area contributed by atoms with Gasteiger partial charge in [-0.1, -0.05) is 141 Å². The minimum atomic E-state index is -4.75. The third-order valence-corrected chi connectivity index (χ3v) is 8.93. The first-order chi connectivity index (χ1) is 23.3. The lowest BCUT2D eigenvalue weighted by molar-refractivity contribution is -0.161. The monoisotopic (exact) mass is 701 g/mol. The van der Waals surface area contributed by atoms with Gasteiger partial charge in [-0.05, 0) is 64.2 Å². The van der Waals surface area contributed by atoms with Crippen LogP contribution in [0.2, 0.25) is 0 Å². The first kappa shape index (κ1) is 46.5. The Balaban J connectivity index is 3.95. The molecule has 0 spiro atoms. The Morgan fingerprint density at radius 3 is 1.29 bits per heavy atom. The van der Waals surface area contributed by atoms with E-state index in [1.54, 1.807) is 0 Å². The molecule has 0 aliphatic rings. The van der Waals surface area contributed by atoms with Crippen LogP contribution in [0.5, 0.6) is 0 Å². The zero-order chi connectivity index (χ0) is 35.4. The molecule has 0 amide bonds. The lowest BCUT2D eigenvalue weighted by Crippen LogP contribution is -2.29. The molecule has 0 aliphatic carbocycles. The van der Waals surface area contributed by atoms with Crippen LogP contribution in [0, 0.1) is 0 Å². The van der Waals surface area contributed by atoms with Crippen molar-refractivity contribution in [2.45, 2.75) is 200 Å². The molecule has 9 heteroatoms. The van der Waals surface area contributed by atoms with Gasteiger partial charge in [-0.2, -0.15) is 0 Å². The molecule has 0 aromatic heterocycles. The van der Waals surface area contributed by atoms with E-state index in [9.17, 15) is 14.2 Å². The number of allylic oxidation sites excluding steroid dienone is 4. The molecule has 0 rings (SSSR count). The third kappa shape index (κ3) is 37.4. The van der Waals surface area contributed by atoms with E-state index >= 15 is 0 Å². The minimum Gasteiger partial charge on any atom is -0.462 e. The quantitative estimate of drug-likeness (QED) is 0.0287. The van der Waals surface area contributed by atoms with Crippen molar-refractivity contribution in [1.29, 1.82) is 0 Å². The molecule has 48 heavy (non-hydrogen) atoms. The number of unbranched alkanes of at least 4 members (excludes halogenated alkanes) is 22. The van der Waals surface area contributed by atoms with Crippen LogP contribution in [-0.2, 0) is 28.2 Å². The number of phosphoric acid groups is 1. The highest BCUT2D eigenvalue weighted by atomic mass is 31.2. The van der Waals surface area contributed by atoms with E-state index in [2.05, 4.69) is 42.7 Å². The molecule has 8 nitrogen and oxygen atoms in total. The summed E-state index contributed by atoms with van der Waals surface area (Å²) in [5.74, 6) is -0.896. The molecule has 0 aliphatic heterocycles. The zero-order valence-electron chi connectivity index (χ0n) is 30.9. The zero-order valence-corrected chi connectivity index (χ0v) is 31.8. The van der Waals surface area contributed by atoms with Crippen LogP contribution in [0.15, 0.2) is 24.3 Å². The van der Waals surface area contributed by atoms with Gasteiger partial charge in [-0.15, -0.1) is 0 Å². The Morgan fingerprint density at radius 1 is 0.521 bits per heavy atom. The minimum absolute atomic E-state index is 0.207. The molecule has 0 unspecified atom stereocenters. The molecule has 0 aromatic carbocycles. The second kappa shape index (κ2) is 35.4. The summed E-state index contributed by atoms with van der Waals surface area (Å²) in [6.45, 7) is 3.65. The Kier molecular flexibility index (Phi) is 34.3. The summed E-state index contributed by atoms with van der Waals surface area (Å²) >= 11 is 0. The van der Waals surface area contributed by atoms with E-state index in [1.165, 1.54) is 96.3 Å². The van der Waals surface area contributed by atoms with Crippen molar-refractivity contribution >= 4 is 19.8 Å². The molecular weight excluding hydrogens is 627 g/mol. The molecular formula is C39H73O8P. The van der Waals surface area contributed by atoms with Gasteiger partial charge in [0.2, 0.25) is 0 Å². The molecule has 0 saturated heterocycles. The number of carbonyl (C=O) groups excluding carboxylic acids is 2. The van der Waals surface area contributed by atoms with Crippen molar-refractivity contribution in [3.63, 3.8) is 0 Å². The van der Waals surface area contributed by atoms with Gasteiger partial charge in [-0.3, -0.25) is 14.1 Å². The van der Waals surface area contributed by atoms with Crippen molar-refractivity contribution < 1.29 is 37.9 Å². The van der Waals surface area contributed by atoms with Crippen LogP contribution in [-0.4, -0.2) is 41.0 Å². The first-order valence-electron chi connectivity index (χ1n) is 19.6. The summed E-state index contributed by atoms with van der Waals surface area (Å²) in [5, 5.41) is 0. The van der Waals surface area contributed by atoms with Gasteiger partial charge in [0.25, 0.3) is 0 Å². The summed E-state index contributed by atoms with van der Waals surface area (Å²) in [5.41, 5.74) is 0. The van der Waals surface area contributed by atoms with Gasteiger partial charge in [0.15, 0.2) is 6.10 Å². The second-order valence-corrected chi connectivity index (χ2v) is 14.5. The van der Waals surface area contributed by atoms with E-state index in [-0.39, 0.29) is 19.4 Å². The maximum atomic E-state index is 12.4. The summed E-state index contributed by atoms with van der Waals surface area (Å²) in [7, 11) is -4.75. The first-order valence-corrected chi connectivity index (χ1v) is 21.2. The van der Waals surface area contributed by atoms with E-state index in [1.807, 2.05) is 0 Å². The lowest BCUT2D eigenvalue weighted by Gasteiger charge is -2.18. The summed E-state index contributed by atoms with van der Waals surface area (Å²) in [6, 6.07) is 0. The summed E-state index contributed by atoms with van der Waals surface area (Å²) in [4.78, 5) is 42.7. The lowest BCUT2D eigenvalue weighted by atomic mass is 10.1. The van der Waals surface area contributed by atoms with Gasteiger partial charge < -0.3 is 19.3 Å². The molecule has 2 N–H and O–H groups in total. The van der Waals surface area contributed by atoms with E-state index in [0.29, 0.717) is 12.8 Å². The number of phosphoric ester groups is 1. The molecule has 282 valence electrons. The van der Waals surface area contributed by atoms with Crippen LogP contribution in [0.1, 0.15) is 194 Å². The SMILES string of the molecule is CCCCCC/C=C\CCCCCCCC(=O)OC[C@H](COP(=O)(O)O)OC(=O)CCCCCCCCC/C=C\CCCCCCCC. The van der Waals surface area contributed by atoms with Gasteiger partial charge in [0.1, 0.15) is 6.61 Å². The normalized spacial score (nSPS) is 12.7. The van der Waals surface area contributed by atoms with E-state index in [0.717, 1.165) is 57.8 Å². The fourth-order valence-corrected chi connectivity index (χ4v) is 5.84. The third-order valence-electron chi connectivity index (χ3n) is 8.44. The molecule has 0 radical (unpaired) electrons. The summed E-state index contributed by atoms with van der Waals surface area (Å²) < 4.78 is 26.3. The maximum absolute atomic E-state index is 12.4. The summed E-state index contributed by atoms with van der Waals surface area (Å²) in [6.07, 6.45) is 38.9. The Bertz CT molecular complexity index is 838. The topological polar surface area (TPSA) is 119 Å². The second-order valence-electron chi connectivity index (χ2n) is 13.2. The Labute approximate surface area is 294 Å². The van der Waals surface area contributed by atoms with Crippen LogP contribution in [0.3, 0.4) is 0 Å². The maximum Gasteiger partial charge on any atom is 0.469 e. The molecule has 1 atom stereocenters. The predicted molar refractivity (Wildman–Crippen MR) is 198 cm³/mol. The van der Waals surface area contributed by atoms with Crippen LogP contribution >= 0.6 is 7.82 Å². The molecule has 0 bridgehead atoms. The fraction of sp³-hybridized carbons (Fsp3) is 0.846. The molecule has 0 heterocycles. The number of ether oxygens (including phenoxy) is 2. The van der Waals surface area contributed by atoms with Crippen LogP contribution in [0.4, 0.5) is 0 Å². The Hall–Kier alpha value is -1.47. The van der Waals surface area contributed by atoms with Gasteiger partial charge >= 0.3 is 19.8 Å². The molecule has 0 fully saturated rings. The van der Waals surface area contributed by atoms with Crippen LogP contribution in [0.25, 0.3) is 0 Å². The average molecular weight is 701 g/mol. The standard InChI is InChI=1S/C39H73O8P/c1-3-5-7-9-11-13-15-17-18-19-20-22-24-26-28-30-32-34-39(41)47-37(36-46-48(42,43)44)35-45-38(40)33-31-29-27-25-23-21-16-14-12-10-8-6-4-2/h14,16-18,37H,3-13,15,19-36H2,1-2H3,(H2,42,43,44)/b16-14-,18-17-/t37-/m1/s1. The fourth-order valence-electron chi connectivity index (χ4n) is 5.48. The number of esters is 2. The predicted octanol–water partition coefficient (Wildman–Crippen LogP) is 11.6. The van der Waals surface area contributed by atoms with Crippen molar-refractivity contribution in [3.05, 3.63) is 24.3 Å². The van der Waals surface area contributed by atoms with Crippen LogP contribution < -0.4 is 0 Å². The highest BCUT2D eigenvalue weighted by molar-refractivity contribution is 7.46. The number of hydrogen-bond donors (Lipinski definition) is 2. The molecule has 0 saturated carbocycles. The van der Waals surface area contributed by atoms with Crippen molar-refractivity contribution in [2.24, 2.45) is 0 Å². The van der Waals surface area contributed by atoms with Crippen molar-refractivity contribution in [1.82, 2.24) is 0 Å². The van der Waals surface area contributed by atoms with Gasteiger partial charge in [-0.25, -0.2) is 4.57 Å². The largest absolute Gasteiger partial charge is 0.469 e. The van der Waals surface area contributed by atoms with E-state index < -0.39 is 32.5 Å².